The maximum atomic E-state index is 13.6. The molecule has 1 unspecified atom stereocenters. The van der Waals surface area contributed by atoms with Gasteiger partial charge in [0.2, 0.25) is 5.91 Å². The second kappa shape index (κ2) is 4.64. The van der Waals surface area contributed by atoms with Crippen molar-refractivity contribution in [2.45, 2.75) is 18.9 Å². The predicted molar refractivity (Wildman–Crippen MR) is 65.2 cm³/mol. The first-order chi connectivity index (χ1) is 8.49. The molecule has 1 aliphatic rings. The highest BCUT2D eigenvalue weighted by Crippen LogP contribution is 2.21. The quantitative estimate of drug-likeness (QED) is 0.606. The van der Waals surface area contributed by atoms with Crippen LogP contribution in [0.15, 0.2) is 18.2 Å². The van der Waals surface area contributed by atoms with Crippen molar-refractivity contribution >= 4 is 23.2 Å². The summed E-state index contributed by atoms with van der Waals surface area (Å²) in [4.78, 5) is 24.2. The topological polar surface area (TPSA) is 75.4 Å². The summed E-state index contributed by atoms with van der Waals surface area (Å²) in [6.45, 7) is 0. The summed E-state index contributed by atoms with van der Waals surface area (Å²) in [5.41, 5.74) is 5.97. The number of likely N-dealkylation sites (tertiary alicyclic amines) is 1. The third-order valence-electron chi connectivity index (χ3n) is 2.97. The van der Waals surface area contributed by atoms with E-state index >= 15 is 0 Å². The number of nitrogens with zero attached hydrogens (tertiary/aromatic N) is 1. The van der Waals surface area contributed by atoms with Crippen LogP contribution in [0.25, 0.3) is 0 Å². The Bertz CT molecular complexity index is 504. The fourth-order valence-corrected chi connectivity index (χ4v) is 1.89. The van der Waals surface area contributed by atoms with Gasteiger partial charge in [0, 0.05) is 19.2 Å². The molecule has 0 bridgehead atoms. The summed E-state index contributed by atoms with van der Waals surface area (Å²) in [5.74, 6) is -1.07. The average molecular weight is 251 g/mol. The molecule has 1 fully saturated rings. The summed E-state index contributed by atoms with van der Waals surface area (Å²) >= 11 is 0. The fourth-order valence-electron chi connectivity index (χ4n) is 1.89. The van der Waals surface area contributed by atoms with E-state index in [9.17, 15) is 14.0 Å². The number of hydrogen-bond acceptors (Lipinski definition) is 4. The smallest absolute Gasteiger partial charge is 0.251 e. The van der Waals surface area contributed by atoms with E-state index in [1.807, 2.05) is 0 Å². The molecule has 0 aromatic heterocycles. The third kappa shape index (κ3) is 2.27. The van der Waals surface area contributed by atoms with E-state index in [1.54, 1.807) is 6.07 Å². The number of halogens is 1. The van der Waals surface area contributed by atoms with Crippen LogP contribution in [0.2, 0.25) is 0 Å². The van der Waals surface area contributed by atoms with Crippen LogP contribution in [-0.2, 0) is 9.59 Å². The maximum Gasteiger partial charge on any atom is 0.251 e. The van der Waals surface area contributed by atoms with Crippen LogP contribution < -0.4 is 11.1 Å². The van der Waals surface area contributed by atoms with Gasteiger partial charge in [-0.3, -0.25) is 14.5 Å². The van der Waals surface area contributed by atoms with Crippen LogP contribution in [0.1, 0.15) is 12.8 Å². The van der Waals surface area contributed by atoms with Crippen molar-refractivity contribution in [1.29, 1.82) is 0 Å². The molecule has 0 aliphatic carbocycles. The molecule has 0 saturated carbocycles. The Hall–Kier alpha value is -2.11. The van der Waals surface area contributed by atoms with Gasteiger partial charge in [-0.15, -0.1) is 0 Å². The molecule has 96 valence electrons. The van der Waals surface area contributed by atoms with Crippen molar-refractivity contribution in [3.8, 4) is 0 Å². The standard InChI is InChI=1S/C12H14FN3O2/c1-16-11(17)5-4-10(12(16)18)15-9-3-2-7(14)6-8(9)13/h2-3,6,10,15H,4-5,14H2,1H3. The molecule has 2 amide bonds. The van der Waals surface area contributed by atoms with Crippen LogP contribution >= 0.6 is 0 Å². The Labute approximate surface area is 104 Å². The SMILES string of the molecule is CN1C(=O)CCC(Nc2ccc(N)cc2F)C1=O. The van der Waals surface area contributed by atoms with Crippen molar-refractivity contribution in [1.82, 2.24) is 4.90 Å². The summed E-state index contributed by atoms with van der Waals surface area (Å²) < 4.78 is 13.6. The van der Waals surface area contributed by atoms with Gasteiger partial charge in [-0.25, -0.2) is 4.39 Å². The molecule has 1 aromatic rings. The van der Waals surface area contributed by atoms with Gasteiger partial charge < -0.3 is 11.1 Å². The van der Waals surface area contributed by atoms with E-state index in [1.165, 1.54) is 19.2 Å². The number of carbonyl (C=O) groups excluding carboxylic acids is 2. The van der Waals surface area contributed by atoms with E-state index in [0.717, 1.165) is 4.90 Å². The summed E-state index contributed by atoms with van der Waals surface area (Å²) in [6.07, 6.45) is 0.641. The van der Waals surface area contributed by atoms with Crippen molar-refractivity contribution in [2.24, 2.45) is 0 Å². The molecule has 0 radical (unpaired) electrons. The zero-order valence-corrected chi connectivity index (χ0v) is 9.94. The molecule has 1 heterocycles. The van der Waals surface area contributed by atoms with Crippen molar-refractivity contribution in [3.05, 3.63) is 24.0 Å². The fraction of sp³-hybridized carbons (Fsp3) is 0.333. The predicted octanol–water partition coefficient (Wildman–Crippen LogP) is 0.967. The van der Waals surface area contributed by atoms with E-state index in [0.29, 0.717) is 12.1 Å². The Balaban J connectivity index is 2.14. The van der Waals surface area contributed by atoms with Gasteiger partial charge in [0.1, 0.15) is 11.9 Å². The number of carbonyl (C=O) groups is 2. The molecular weight excluding hydrogens is 237 g/mol. The molecule has 1 aromatic carbocycles. The molecule has 2 rings (SSSR count). The minimum Gasteiger partial charge on any atom is -0.399 e. The van der Waals surface area contributed by atoms with Gasteiger partial charge >= 0.3 is 0 Å². The first-order valence-corrected chi connectivity index (χ1v) is 5.61. The number of likely N-dealkylation sites (N-methyl/N-ethyl adjacent to an activating group) is 1. The molecular formula is C12H14FN3O2. The normalized spacial score (nSPS) is 20.1. The van der Waals surface area contributed by atoms with E-state index in [2.05, 4.69) is 5.32 Å². The second-order valence-electron chi connectivity index (χ2n) is 4.27. The number of amides is 2. The Morgan fingerprint density at radius 3 is 2.83 bits per heavy atom. The minimum atomic E-state index is -0.578. The van der Waals surface area contributed by atoms with Crippen LogP contribution in [0.5, 0.6) is 0 Å². The third-order valence-corrected chi connectivity index (χ3v) is 2.97. The first kappa shape index (κ1) is 12.3. The lowest BCUT2D eigenvalue weighted by Crippen LogP contribution is -2.48. The number of piperidine rings is 1. The maximum absolute atomic E-state index is 13.6. The Morgan fingerprint density at radius 1 is 1.44 bits per heavy atom. The number of nitrogens with one attached hydrogen (secondary N) is 1. The molecule has 1 saturated heterocycles. The van der Waals surface area contributed by atoms with Gasteiger partial charge in [-0.1, -0.05) is 0 Å². The minimum absolute atomic E-state index is 0.212. The molecule has 1 atom stereocenters. The number of nitrogens with two attached hydrogens (primary N) is 1. The average Bonchev–Trinajstić information content (AvgIpc) is 2.33. The van der Waals surface area contributed by atoms with Crippen LogP contribution in [0.3, 0.4) is 0 Å². The van der Waals surface area contributed by atoms with Gasteiger partial charge in [-0.05, 0) is 24.6 Å². The number of imide groups is 1. The lowest BCUT2D eigenvalue weighted by Gasteiger charge is -2.28. The number of anilines is 2. The van der Waals surface area contributed by atoms with Crippen LogP contribution in [0.4, 0.5) is 15.8 Å². The van der Waals surface area contributed by atoms with E-state index < -0.39 is 11.9 Å². The molecule has 1 aliphatic heterocycles. The Kier molecular flexibility index (Phi) is 3.18. The lowest BCUT2D eigenvalue weighted by molar-refractivity contribution is -0.146. The summed E-state index contributed by atoms with van der Waals surface area (Å²) in [7, 11) is 1.43. The highest BCUT2D eigenvalue weighted by atomic mass is 19.1. The highest BCUT2D eigenvalue weighted by Gasteiger charge is 2.31. The van der Waals surface area contributed by atoms with Gasteiger partial charge in [0.05, 0.1) is 5.69 Å². The zero-order valence-electron chi connectivity index (χ0n) is 9.94. The van der Waals surface area contributed by atoms with Gasteiger partial charge in [-0.2, -0.15) is 0 Å². The Morgan fingerprint density at radius 2 is 2.17 bits per heavy atom. The largest absolute Gasteiger partial charge is 0.399 e. The van der Waals surface area contributed by atoms with Crippen molar-refractivity contribution in [2.75, 3.05) is 18.1 Å². The summed E-state index contributed by atoms with van der Waals surface area (Å²) in [6, 6.07) is 3.64. The van der Waals surface area contributed by atoms with E-state index in [4.69, 9.17) is 5.73 Å². The van der Waals surface area contributed by atoms with Crippen molar-refractivity contribution < 1.29 is 14.0 Å². The number of rotatable bonds is 2. The number of benzene rings is 1. The number of nitrogen functional groups attached to an aromatic ring is 1. The second-order valence-corrected chi connectivity index (χ2v) is 4.27. The molecule has 0 spiro atoms. The molecule has 3 N–H and O–H groups in total. The van der Waals surface area contributed by atoms with Crippen LogP contribution in [-0.4, -0.2) is 29.8 Å². The molecule has 5 nitrogen and oxygen atoms in total. The van der Waals surface area contributed by atoms with Gasteiger partial charge in [0.15, 0.2) is 0 Å². The van der Waals surface area contributed by atoms with Crippen molar-refractivity contribution in [3.63, 3.8) is 0 Å². The monoisotopic (exact) mass is 251 g/mol. The molecule has 18 heavy (non-hydrogen) atoms. The molecule has 6 heteroatoms. The van der Waals surface area contributed by atoms with Crippen LogP contribution in [0, 0.1) is 5.82 Å². The van der Waals surface area contributed by atoms with E-state index in [-0.39, 0.29) is 23.9 Å². The van der Waals surface area contributed by atoms with Gasteiger partial charge in [0.25, 0.3) is 5.91 Å². The number of hydrogen-bond donors (Lipinski definition) is 2. The summed E-state index contributed by atoms with van der Waals surface area (Å²) in [5, 5.41) is 2.80. The zero-order chi connectivity index (χ0) is 13.3. The lowest BCUT2D eigenvalue weighted by atomic mass is 10.0. The first-order valence-electron chi connectivity index (χ1n) is 5.61. The highest BCUT2D eigenvalue weighted by molar-refractivity contribution is 6.01.